The number of rotatable bonds is 8. The third-order valence-electron chi connectivity index (χ3n) is 2.98. The van der Waals surface area contributed by atoms with Gasteiger partial charge in [0.2, 0.25) is 10.0 Å². The highest BCUT2D eigenvalue weighted by Gasteiger charge is 2.14. The van der Waals surface area contributed by atoms with Crippen molar-refractivity contribution in [2.45, 2.75) is 45.1 Å². The lowest BCUT2D eigenvalue weighted by molar-refractivity contribution is 0.580. The quantitative estimate of drug-likeness (QED) is 0.768. The molecule has 108 valence electrons. The first kappa shape index (κ1) is 16.1. The van der Waals surface area contributed by atoms with Crippen molar-refractivity contribution >= 4 is 10.0 Å². The third kappa shape index (κ3) is 4.60. The first-order chi connectivity index (χ1) is 9.05. The van der Waals surface area contributed by atoms with Crippen molar-refractivity contribution in [3.05, 3.63) is 29.3 Å². The lowest BCUT2D eigenvalue weighted by Crippen LogP contribution is -2.25. The summed E-state index contributed by atoms with van der Waals surface area (Å²) in [6, 6.07) is 5.37. The molecule has 19 heavy (non-hydrogen) atoms. The van der Waals surface area contributed by atoms with Crippen LogP contribution in [0.3, 0.4) is 0 Å². The van der Waals surface area contributed by atoms with Crippen molar-refractivity contribution in [1.82, 2.24) is 10.0 Å². The number of nitrogens with one attached hydrogen (secondary N) is 2. The van der Waals surface area contributed by atoms with Gasteiger partial charge in [0.1, 0.15) is 0 Å². The maximum Gasteiger partial charge on any atom is 0.240 e. The van der Waals surface area contributed by atoms with Crippen LogP contribution in [-0.4, -0.2) is 21.5 Å². The molecule has 4 nitrogen and oxygen atoms in total. The van der Waals surface area contributed by atoms with E-state index in [-0.39, 0.29) is 0 Å². The van der Waals surface area contributed by atoms with E-state index in [1.807, 2.05) is 19.9 Å². The molecule has 5 heteroatoms. The summed E-state index contributed by atoms with van der Waals surface area (Å²) in [6.45, 7) is 8.11. The Labute approximate surface area is 116 Å². The van der Waals surface area contributed by atoms with Gasteiger partial charge in [-0.05, 0) is 42.6 Å². The maximum atomic E-state index is 12.1. The summed E-state index contributed by atoms with van der Waals surface area (Å²) in [5.74, 6) is 0. The van der Waals surface area contributed by atoms with Gasteiger partial charge in [-0.3, -0.25) is 0 Å². The molecule has 1 aromatic rings. The van der Waals surface area contributed by atoms with Crippen LogP contribution in [0, 0.1) is 0 Å². The van der Waals surface area contributed by atoms with Crippen LogP contribution in [-0.2, 0) is 23.0 Å². The highest BCUT2D eigenvalue weighted by Crippen LogP contribution is 2.17. The fourth-order valence-corrected chi connectivity index (χ4v) is 3.04. The van der Waals surface area contributed by atoms with Gasteiger partial charge < -0.3 is 5.32 Å². The zero-order chi connectivity index (χ0) is 14.3. The van der Waals surface area contributed by atoms with Gasteiger partial charge >= 0.3 is 0 Å². The SMILES string of the molecule is CCCNS(=O)(=O)c1ccc(CC)c(CNCC)c1. The summed E-state index contributed by atoms with van der Waals surface area (Å²) in [5, 5.41) is 3.25. The number of sulfonamides is 1. The van der Waals surface area contributed by atoms with E-state index in [4.69, 9.17) is 0 Å². The van der Waals surface area contributed by atoms with E-state index in [0.29, 0.717) is 18.0 Å². The Kier molecular flexibility index (Phi) is 6.48. The van der Waals surface area contributed by atoms with E-state index < -0.39 is 10.0 Å². The fraction of sp³-hybridized carbons (Fsp3) is 0.571. The summed E-state index contributed by atoms with van der Waals surface area (Å²) in [6.07, 6.45) is 1.69. The predicted octanol–water partition coefficient (Wildman–Crippen LogP) is 2.05. The van der Waals surface area contributed by atoms with E-state index in [1.54, 1.807) is 12.1 Å². The van der Waals surface area contributed by atoms with Crippen LogP contribution in [0.2, 0.25) is 0 Å². The predicted molar refractivity (Wildman–Crippen MR) is 78.7 cm³/mol. The molecule has 0 saturated heterocycles. The Morgan fingerprint density at radius 1 is 1.11 bits per heavy atom. The highest BCUT2D eigenvalue weighted by molar-refractivity contribution is 7.89. The van der Waals surface area contributed by atoms with Crippen LogP contribution in [0.5, 0.6) is 0 Å². The molecule has 0 saturated carbocycles. The third-order valence-corrected chi connectivity index (χ3v) is 4.44. The molecule has 0 fully saturated rings. The molecule has 0 atom stereocenters. The molecule has 0 amide bonds. The molecule has 0 aromatic heterocycles. The molecule has 0 unspecified atom stereocenters. The van der Waals surface area contributed by atoms with E-state index >= 15 is 0 Å². The minimum atomic E-state index is -3.37. The lowest BCUT2D eigenvalue weighted by atomic mass is 10.1. The normalized spacial score (nSPS) is 11.7. The highest BCUT2D eigenvalue weighted by atomic mass is 32.2. The van der Waals surface area contributed by atoms with Gasteiger partial charge in [-0.2, -0.15) is 0 Å². The van der Waals surface area contributed by atoms with Crippen LogP contribution in [0.1, 0.15) is 38.3 Å². The second-order valence-electron chi connectivity index (χ2n) is 4.46. The summed E-state index contributed by atoms with van der Waals surface area (Å²) in [4.78, 5) is 0.353. The molecular formula is C14H24N2O2S. The standard InChI is InChI=1S/C14H24N2O2S/c1-4-9-16-19(17,18)14-8-7-12(5-2)13(10-14)11-15-6-3/h7-8,10,15-16H,4-6,9,11H2,1-3H3. The molecule has 0 bridgehead atoms. The number of benzene rings is 1. The van der Waals surface area contributed by atoms with Gasteiger partial charge in [-0.25, -0.2) is 13.1 Å². The molecule has 0 radical (unpaired) electrons. The first-order valence-electron chi connectivity index (χ1n) is 6.87. The van der Waals surface area contributed by atoms with Gasteiger partial charge in [0.05, 0.1) is 4.90 Å². The fourth-order valence-electron chi connectivity index (χ4n) is 1.86. The summed E-state index contributed by atoms with van der Waals surface area (Å²) < 4.78 is 26.8. The van der Waals surface area contributed by atoms with E-state index in [9.17, 15) is 8.42 Å². The summed E-state index contributed by atoms with van der Waals surface area (Å²) in [7, 11) is -3.37. The number of hydrogen-bond donors (Lipinski definition) is 2. The van der Waals surface area contributed by atoms with E-state index in [1.165, 1.54) is 5.56 Å². The van der Waals surface area contributed by atoms with Crippen molar-refractivity contribution < 1.29 is 8.42 Å². The van der Waals surface area contributed by atoms with Crippen LogP contribution in [0.4, 0.5) is 0 Å². The lowest BCUT2D eigenvalue weighted by Gasteiger charge is -2.12. The topological polar surface area (TPSA) is 58.2 Å². The zero-order valence-electron chi connectivity index (χ0n) is 12.0. The van der Waals surface area contributed by atoms with Gasteiger partial charge in [-0.1, -0.05) is 26.8 Å². The van der Waals surface area contributed by atoms with E-state index in [0.717, 1.165) is 24.9 Å². The van der Waals surface area contributed by atoms with Crippen LogP contribution in [0.15, 0.2) is 23.1 Å². The average Bonchev–Trinajstić information content (AvgIpc) is 2.42. The minimum Gasteiger partial charge on any atom is -0.313 e. The average molecular weight is 284 g/mol. The van der Waals surface area contributed by atoms with Crippen molar-refractivity contribution in [2.24, 2.45) is 0 Å². The monoisotopic (exact) mass is 284 g/mol. The van der Waals surface area contributed by atoms with Crippen LogP contribution < -0.4 is 10.0 Å². The Balaban J connectivity index is 3.03. The smallest absolute Gasteiger partial charge is 0.240 e. The second-order valence-corrected chi connectivity index (χ2v) is 6.23. The molecule has 2 N–H and O–H groups in total. The van der Waals surface area contributed by atoms with Gasteiger partial charge in [-0.15, -0.1) is 0 Å². The van der Waals surface area contributed by atoms with Crippen molar-refractivity contribution in [3.63, 3.8) is 0 Å². The van der Waals surface area contributed by atoms with Gasteiger partial charge in [0.15, 0.2) is 0 Å². The largest absolute Gasteiger partial charge is 0.313 e. The molecule has 0 heterocycles. The molecule has 1 aromatic carbocycles. The Hall–Kier alpha value is -0.910. The number of hydrogen-bond acceptors (Lipinski definition) is 3. The second kappa shape index (κ2) is 7.62. The molecule has 0 aliphatic heterocycles. The summed E-state index contributed by atoms with van der Waals surface area (Å²) in [5.41, 5.74) is 2.25. The Morgan fingerprint density at radius 2 is 1.84 bits per heavy atom. The summed E-state index contributed by atoms with van der Waals surface area (Å²) >= 11 is 0. The van der Waals surface area contributed by atoms with E-state index in [2.05, 4.69) is 17.0 Å². The molecular weight excluding hydrogens is 260 g/mol. The van der Waals surface area contributed by atoms with Crippen molar-refractivity contribution in [3.8, 4) is 0 Å². The molecule has 0 spiro atoms. The van der Waals surface area contributed by atoms with Gasteiger partial charge in [0, 0.05) is 13.1 Å². The van der Waals surface area contributed by atoms with Gasteiger partial charge in [0.25, 0.3) is 0 Å². The van der Waals surface area contributed by atoms with Crippen molar-refractivity contribution in [2.75, 3.05) is 13.1 Å². The number of aryl methyl sites for hydroxylation is 1. The molecule has 0 aliphatic carbocycles. The van der Waals surface area contributed by atoms with Crippen LogP contribution >= 0.6 is 0 Å². The minimum absolute atomic E-state index is 0.353. The maximum absolute atomic E-state index is 12.1. The Morgan fingerprint density at radius 3 is 2.42 bits per heavy atom. The van der Waals surface area contributed by atoms with Crippen LogP contribution in [0.25, 0.3) is 0 Å². The molecule has 0 aliphatic rings. The molecule has 1 rings (SSSR count). The first-order valence-corrected chi connectivity index (χ1v) is 8.35. The van der Waals surface area contributed by atoms with Crippen molar-refractivity contribution in [1.29, 1.82) is 0 Å². The zero-order valence-corrected chi connectivity index (χ0v) is 12.8. The Bertz CT molecular complexity index is 498.